The average Bonchev–Trinajstić information content (AvgIpc) is 2.90. The third-order valence-corrected chi connectivity index (χ3v) is 5.09. The highest BCUT2D eigenvalue weighted by Crippen LogP contribution is 2.22. The van der Waals surface area contributed by atoms with E-state index in [4.69, 9.17) is 0 Å². The van der Waals surface area contributed by atoms with Crippen LogP contribution in [0.15, 0.2) is 40.7 Å². The van der Waals surface area contributed by atoms with Crippen LogP contribution in [0.25, 0.3) is 0 Å². The van der Waals surface area contributed by atoms with E-state index in [9.17, 15) is 13.5 Å². The number of rotatable bonds is 5. The Balaban J connectivity index is 2.09. The van der Waals surface area contributed by atoms with Crippen molar-refractivity contribution in [2.75, 3.05) is 6.54 Å². The zero-order valence-corrected chi connectivity index (χ0v) is 11.9. The molecular formula is C12H14N2O3S2. The molecule has 0 fully saturated rings. The summed E-state index contributed by atoms with van der Waals surface area (Å²) in [5.74, 6) is -0.266. The van der Waals surface area contributed by atoms with Gasteiger partial charge in [0, 0.05) is 24.0 Å². The number of para-hydroxylation sites is 1. The van der Waals surface area contributed by atoms with Gasteiger partial charge in [0.2, 0.25) is 10.0 Å². The van der Waals surface area contributed by atoms with Crippen LogP contribution >= 0.6 is 11.3 Å². The first-order chi connectivity index (χ1) is 9.00. The highest BCUT2D eigenvalue weighted by Gasteiger charge is 2.19. The summed E-state index contributed by atoms with van der Waals surface area (Å²) in [4.78, 5) is 4.03. The second-order valence-electron chi connectivity index (χ2n) is 4.09. The molecule has 1 heterocycles. The second-order valence-corrected chi connectivity index (χ2v) is 6.75. The molecule has 2 rings (SSSR count). The molecule has 0 saturated carbocycles. The molecule has 1 aromatic carbocycles. The predicted molar refractivity (Wildman–Crippen MR) is 73.8 cm³/mol. The van der Waals surface area contributed by atoms with E-state index in [1.807, 2.05) is 12.3 Å². The first-order valence-electron chi connectivity index (χ1n) is 5.68. The maximum Gasteiger partial charge on any atom is 0.244 e. The number of aromatic hydroxyl groups is 1. The number of hydrogen-bond acceptors (Lipinski definition) is 5. The number of nitrogens with zero attached hydrogens (tertiary/aromatic N) is 1. The minimum absolute atomic E-state index is 0.0133. The van der Waals surface area contributed by atoms with Gasteiger partial charge in [0.25, 0.3) is 0 Å². The molecule has 0 bridgehead atoms. The molecule has 1 atom stereocenters. The van der Waals surface area contributed by atoms with E-state index in [1.165, 1.54) is 23.5 Å². The zero-order valence-electron chi connectivity index (χ0n) is 10.3. The van der Waals surface area contributed by atoms with Gasteiger partial charge in [0.1, 0.15) is 10.6 Å². The topological polar surface area (TPSA) is 79.3 Å². The molecule has 2 N–H and O–H groups in total. The van der Waals surface area contributed by atoms with Crippen molar-refractivity contribution in [1.82, 2.24) is 9.71 Å². The highest BCUT2D eigenvalue weighted by molar-refractivity contribution is 7.89. The molecule has 1 aromatic heterocycles. The Morgan fingerprint density at radius 1 is 1.42 bits per heavy atom. The van der Waals surface area contributed by atoms with Crippen molar-refractivity contribution in [3.63, 3.8) is 0 Å². The van der Waals surface area contributed by atoms with Gasteiger partial charge < -0.3 is 5.11 Å². The lowest BCUT2D eigenvalue weighted by Crippen LogP contribution is -2.27. The lowest BCUT2D eigenvalue weighted by Gasteiger charge is -2.11. The van der Waals surface area contributed by atoms with Crippen molar-refractivity contribution < 1.29 is 13.5 Å². The normalized spacial score (nSPS) is 13.3. The van der Waals surface area contributed by atoms with Gasteiger partial charge in [-0.3, -0.25) is 0 Å². The van der Waals surface area contributed by atoms with Crippen LogP contribution in [0.3, 0.4) is 0 Å². The minimum atomic E-state index is -3.70. The Bertz CT molecular complexity index is 639. The molecule has 5 nitrogen and oxygen atoms in total. The number of phenolic OH excluding ortho intramolecular Hbond substituents is 1. The van der Waals surface area contributed by atoms with Gasteiger partial charge in [-0.25, -0.2) is 18.1 Å². The van der Waals surface area contributed by atoms with Crippen LogP contribution in [0.2, 0.25) is 0 Å². The molecular weight excluding hydrogens is 284 g/mol. The van der Waals surface area contributed by atoms with Gasteiger partial charge in [0.05, 0.1) is 5.01 Å². The average molecular weight is 298 g/mol. The predicted octanol–water partition coefficient (Wildman–Crippen LogP) is 1.93. The largest absolute Gasteiger partial charge is 0.507 e. The third kappa shape index (κ3) is 3.31. The Morgan fingerprint density at radius 2 is 2.16 bits per heavy atom. The lowest BCUT2D eigenvalue weighted by atomic mass is 10.2. The summed E-state index contributed by atoms with van der Waals surface area (Å²) < 4.78 is 26.6. The molecule has 0 amide bonds. The van der Waals surface area contributed by atoms with Crippen LogP contribution in [0.4, 0.5) is 0 Å². The van der Waals surface area contributed by atoms with Crippen LogP contribution in [0, 0.1) is 0 Å². The quantitative estimate of drug-likeness (QED) is 0.884. The lowest BCUT2D eigenvalue weighted by molar-refractivity contribution is 0.457. The molecule has 102 valence electrons. The van der Waals surface area contributed by atoms with Crippen LogP contribution in [-0.2, 0) is 10.0 Å². The van der Waals surface area contributed by atoms with Crippen molar-refractivity contribution in [1.29, 1.82) is 0 Å². The van der Waals surface area contributed by atoms with Crippen molar-refractivity contribution >= 4 is 21.4 Å². The monoisotopic (exact) mass is 298 g/mol. The summed E-state index contributed by atoms with van der Waals surface area (Å²) in [6.45, 7) is 2.14. The van der Waals surface area contributed by atoms with Crippen molar-refractivity contribution in [3.05, 3.63) is 40.8 Å². The number of nitrogens with one attached hydrogen (secondary N) is 1. The number of hydrogen-bond donors (Lipinski definition) is 2. The van der Waals surface area contributed by atoms with Gasteiger partial charge >= 0.3 is 0 Å². The van der Waals surface area contributed by atoms with Gasteiger partial charge in [-0.2, -0.15) is 0 Å². The Labute approximate surface area is 116 Å². The fourth-order valence-electron chi connectivity index (χ4n) is 1.56. The van der Waals surface area contributed by atoms with E-state index in [0.29, 0.717) is 0 Å². The summed E-state index contributed by atoms with van der Waals surface area (Å²) in [6, 6.07) is 5.86. The van der Waals surface area contributed by atoms with Gasteiger partial charge in [-0.15, -0.1) is 11.3 Å². The molecule has 2 aromatic rings. The van der Waals surface area contributed by atoms with Crippen LogP contribution in [0.5, 0.6) is 5.75 Å². The van der Waals surface area contributed by atoms with Crippen molar-refractivity contribution in [2.45, 2.75) is 17.7 Å². The number of benzene rings is 1. The van der Waals surface area contributed by atoms with E-state index in [2.05, 4.69) is 9.71 Å². The van der Waals surface area contributed by atoms with Crippen molar-refractivity contribution in [2.24, 2.45) is 0 Å². The summed E-state index contributed by atoms with van der Waals surface area (Å²) in [5.41, 5.74) is 0. The first kappa shape index (κ1) is 14.0. The molecule has 1 unspecified atom stereocenters. The van der Waals surface area contributed by atoms with Crippen LogP contribution in [-0.4, -0.2) is 25.1 Å². The highest BCUT2D eigenvalue weighted by atomic mass is 32.2. The summed E-state index contributed by atoms with van der Waals surface area (Å²) in [5, 5.41) is 12.3. The number of thiazole rings is 1. The number of aromatic nitrogens is 1. The Hall–Kier alpha value is -1.44. The van der Waals surface area contributed by atoms with Gasteiger partial charge in [-0.1, -0.05) is 19.1 Å². The van der Waals surface area contributed by atoms with E-state index >= 15 is 0 Å². The van der Waals surface area contributed by atoms with Gasteiger partial charge in [-0.05, 0) is 12.1 Å². The number of phenols is 1. The Morgan fingerprint density at radius 3 is 2.79 bits per heavy atom. The smallest absolute Gasteiger partial charge is 0.244 e. The molecule has 7 heteroatoms. The van der Waals surface area contributed by atoms with Crippen molar-refractivity contribution in [3.8, 4) is 5.75 Å². The molecule has 0 aliphatic carbocycles. The molecule has 19 heavy (non-hydrogen) atoms. The summed E-state index contributed by atoms with van der Waals surface area (Å²) in [7, 11) is -3.70. The molecule has 0 radical (unpaired) electrons. The Kier molecular flexibility index (Phi) is 4.18. The minimum Gasteiger partial charge on any atom is -0.507 e. The maximum atomic E-state index is 12.0. The zero-order chi connectivity index (χ0) is 13.9. The fraction of sp³-hybridized carbons (Fsp3) is 0.250. The van der Waals surface area contributed by atoms with Crippen LogP contribution < -0.4 is 4.72 Å². The third-order valence-electron chi connectivity index (χ3n) is 2.61. The van der Waals surface area contributed by atoms with E-state index in [-0.39, 0.29) is 23.1 Å². The van der Waals surface area contributed by atoms with Gasteiger partial charge in [0.15, 0.2) is 0 Å². The second kappa shape index (κ2) is 5.68. The first-order valence-corrected chi connectivity index (χ1v) is 8.04. The number of sulfonamides is 1. The maximum absolute atomic E-state index is 12.0. The molecule has 0 aliphatic heterocycles. The summed E-state index contributed by atoms with van der Waals surface area (Å²) >= 11 is 1.49. The van der Waals surface area contributed by atoms with E-state index in [1.54, 1.807) is 18.3 Å². The molecule has 0 spiro atoms. The van der Waals surface area contributed by atoms with E-state index < -0.39 is 10.0 Å². The van der Waals surface area contributed by atoms with E-state index in [0.717, 1.165) is 5.01 Å². The van der Waals surface area contributed by atoms with Crippen LogP contribution in [0.1, 0.15) is 17.8 Å². The molecule has 0 aliphatic rings. The molecule has 0 saturated heterocycles. The SMILES string of the molecule is CC(CNS(=O)(=O)c1ccccc1O)c1nccs1. The fourth-order valence-corrected chi connectivity index (χ4v) is 3.49. The standard InChI is InChI=1S/C12H14N2O3S2/c1-9(12-13-6-7-18-12)8-14-19(16,17)11-5-3-2-4-10(11)15/h2-7,9,14-15H,8H2,1H3. The summed E-state index contributed by atoms with van der Waals surface area (Å²) in [6.07, 6.45) is 1.69.